The third-order valence-corrected chi connectivity index (χ3v) is 7.60. The molecule has 2 aliphatic rings. The van der Waals surface area contributed by atoms with Crippen LogP contribution < -0.4 is 0 Å². The number of pyridine rings is 1. The molecule has 0 spiro atoms. The van der Waals surface area contributed by atoms with Crippen molar-refractivity contribution in [2.24, 2.45) is 23.9 Å². The topological polar surface area (TPSA) is 76.3 Å². The Labute approximate surface area is 216 Å². The number of alkyl halides is 3. The molecule has 1 aliphatic heterocycles. The predicted octanol–water partition coefficient (Wildman–Crippen LogP) is 4.45. The summed E-state index contributed by atoms with van der Waals surface area (Å²) in [6.07, 6.45) is 4.23. The molecule has 202 valence electrons. The normalized spacial score (nSPS) is 21.2. The minimum Gasteiger partial charge on any atom is -0.303 e. The third-order valence-electron chi connectivity index (χ3n) is 7.60. The van der Waals surface area contributed by atoms with E-state index in [9.17, 15) is 18.0 Å². The maximum absolute atomic E-state index is 12.6. The fourth-order valence-corrected chi connectivity index (χ4v) is 5.38. The molecule has 1 amide bonds. The zero-order valence-corrected chi connectivity index (χ0v) is 21.8. The van der Waals surface area contributed by atoms with Crippen LogP contribution in [0.3, 0.4) is 0 Å². The maximum atomic E-state index is 12.6. The zero-order chi connectivity index (χ0) is 26.4. The van der Waals surface area contributed by atoms with Crippen molar-refractivity contribution in [1.82, 2.24) is 24.6 Å². The highest BCUT2D eigenvalue weighted by Gasteiger charge is 2.27. The van der Waals surface area contributed by atoms with Crippen molar-refractivity contribution >= 4 is 12.1 Å². The molecule has 4 rings (SSSR count). The number of halogens is 3. The minimum absolute atomic E-state index is 0.0523. The number of hydrogen-bond acceptors (Lipinski definition) is 5. The molecule has 3 heterocycles. The molecule has 7 nitrogen and oxygen atoms in total. The molecule has 1 fully saturated rings. The molecule has 2 aromatic heterocycles. The third kappa shape index (κ3) is 8.45. The number of amides is 1. The molecule has 0 saturated heterocycles. The van der Waals surface area contributed by atoms with Crippen LogP contribution in [-0.2, 0) is 37.5 Å². The average molecular weight is 519 g/mol. The van der Waals surface area contributed by atoms with Gasteiger partial charge in [0.2, 0.25) is 0 Å². The number of hydrogen-bond donors (Lipinski definition) is 0. The lowest BCUT2D eigenvalue weighted by molar-refractivity contribution is -0.134. The van der Waals surface area contributed by atoms with E-state index in [1.807, 2.05) is 12.3 Å². The van der Waals surface area contributed by atoms with E-state index >= 15 is 0 Å². The van der Waals surface area contributed by atoms with Gasteiger partial charge in [-0.15, -0.1) is 0 Å². The number of aromatic nitrogens is 4. The van der Waals surface area contributed by atoms with E-state index in [-0.39, 0.29) is 18.7 Å². The zero-order valence-electron chi connectivity index (χ0n) is 21.8. The van der Waals surface area contributed by atoms with Crippen LogP contribution in [0, 0.1) is 18.8 Å². The van der Waals surface area contributed by atoms with Gasteiger partial charge in [0.25, 0.3) is 5.91 Å². The van der Waals surface area contributed by atoms with Crippen LogP contribution in [-0.4, -0.2) is 62.6 Å². The first-order valence-corrected chi connectivity index (χ1v) is 13.3. The highest BCUT2D eigenvalue weighted by Crippen LogP contribution is 2.30. The number of fused-ring (bicyclic) bond motifs is 1. The Bertz CT molecular complexity index is 1090. The van der Waals surface area contributed by atoms with Gasteiger partial charge in [-0.3, -0.25) is 14.5 Å². The highest BCUT2D eigenvalue weighted by molar-refractivity contribution is 5.86. The van der Waals surface area contributed by atoms with Gasteiger partial charge in [-0.1, -0.05) is 6.07 Å². The number of rotatable bonds is 8. The fraction of sp³-hybridized carbons (Fsp3) is 0.667. The van der Waals surface area contributed by atoms with E-state index in [4.69, 9.17) is 0 Å². The molecule has 0 radical (unpaired) electrons. The summed E-state index contributed by atoms with van der Waals surface area (Å²) < 4.78 is 39.3. The van der Waals surface area contributed by atoms with Crippen LogP contribution in [0.25, 0.3) is 0 Å². The van der Waals surface area contributed by atoms with Gasteiger partial charge < -0.3 is 4.90 Å². The number of aliphatic imine (C=N–C) groups is 1. The van der Waals surface area contributed by atoms with Crippen molar-refractivity contribution in [2.45, 2.75) is 77.3 Å². The molecule has 37 heavy (non-hydrogen) atoms. The largest absolute Gasteiger partial charge is 0.389 e. The van der Waals surface area contributed by atoms with Crippen LogP contribution in [0.1, 0.15) is 67.1 Å². The molecule has 1 saturated carbocycles. The van der Waals surface area contributed by atoms with Gasteiger partial charge in [-0.05, 0) is 81.9 Å². The number of carbonyl (C=O) groups excluding carboxylic acids is 1. The molecule has 1 aliphatic carbocycles. The first-order chi connectivity index (χ1) is 17.6. The second-order valence-corrected chi connectivity index (χ2v) is 10.5. The van der Waals surface area contributed by atoms with Crippen molar-refractivity contribution in [3.05, 3.63) is 40.7 Å². The predicted molar refractivity (Wildman–Crippen MR) is 135 cm³/mol. The molecule has 0 bridgehead atoms. The van der Waals surface area contributed by atoms with Gasteiger partial charge in [0.1, 0.15) is 11.6 Å². The molecular weight excluding hydrogens is 481 g/mol. The van der Waals surface area contributed by atoms with E-state index in [2.05, 4.69) is 25.0 Å². The second kappa shape index (κ2) is 12.3. The summed E-state index contributed by atoms with van der Waals surface area (Å²) in [4.78, 5) is 27.7. The van der Waals surface area contributed by atoms with Crippen LogP contribution in [0.15, 0.2) is 17.1 Å². The average Bonchev–Trinajstić information content (AvgIpc) is 3.04. The van der Waals surface area contributed by atoms with Gasteiger partial charge in [0.05, 0.1) is 6.42 Å². The van der Waals surface area contributed by atoms with Crippen LogP contribution in [0.2, 0.25) is 0 Å². The molecule has 0 aromatic carbocycles. The summed E-state index contributed by atoms with van der Waals surface area (Å²) in [6.45, 7) is 4.71. The van der Waals surface area contributed by atoms with E-state index in [0.29, 0.717) is 29.2 Å². The molecule has 2 aromatic rings. The van der Waals surface area contributed by atoms with Crippen LogP contribution >= 0.6 is 0 Å². The van der Waals surface area contributed by atoms with Crippen molar-refractivity contribution in [2.75, 3.05) is 19.6 Å². The van der Waals surface area contributed by atoms with Crippen molar-refractivity contribution in [3.63, 3.8) is 0 Å². The van der Waals surface area contributed by atoms with Gasteiger partial charge in [-0.2, -0.15) is 18.3 Å². The summed E-state index contributed by atoms with van der Waals surface area (Å²) in [6, 6.07) is 3.73. The summed E-state index contributed by atoms with van der Waals surface area (Å²) >= 11 is 0. The van der Waals surface area contributed by atoms with Crippen LogP contribution in [0.4, 0.5) is 13.2 Å². The van der Waals surface area contributed by atoms with Gasteiger partial charge in [-0.25, -0.2) is 9.98 Å². The number of aryl methyl sites for hydroxylation is 3. The SMILES string of the molecule is Cc1nc(CC(=O)/N=C/C2CCC(CCN3CCc4ccc(CCC(F)(F)F)nc4CC3)CC2)n(C)n1. The molecule has 0 atom stereocenters. The monoisotopic (exact) mass is 518 g/mol. The Balaban J connectivity index is 1.16. The minimum atomic E-state index is -4.15. The first-order valence-electron chi connectivity index (χ1n) is 13.3. The van der Waals surface area contributed by atoms with Crippen molar-refractivity contribution in [3.8, 4) is 0 Å². The summed E-state index contributed by atoms with van der Waals surface area (Å²) in [7, 11) is 1.79. The lowest BCUT2D eigenvalue weighted by atomic mass is 9.81. The quantitative estimate of drug-likeness (QED) is 0.483. The Morgan fingerprint density at radius 1 is 1.14 bits per heavy atom. The van der Waals surface area contributed by atoms with E-state index in [1.165, 1.54) is 5.56 Å². The summed E-state index contributed by atoms with van der Waals surface area (Å²) in [5.41, 5.74) is 2.67. The van der Waals surface area contributed by atoms with Crippen LogP contribution in [0.5, 0.6) is 0 Å². The Morgan fingerprint density at radius 2 is 1.89 bits per heavy atom. The highest BCUT2D eigenvalue weighted by atomic mass is 19.4. The van der Waals surface area contributed by atoms with E-state index in [0.717, 1.165) is 70.3 Å². The second-order valence-electron chi connectivity index (χ2n) is 10.5. The maximum Gasteiger partial charge on any atom is 0.389 e. The van der Waals surface area contributed by atoms with Gasteiger partial charge in [0, 0.05) is 50.6 Å². The standard InChI is InChI=1S/C27H37F3N6O/c1-19-32-25(35(2)34-19)17-26(37)31-18-21-5-3-20(4-6-21)10-14-36-15-11-22-7-8-23(9-13-27(28,29)30)33-24(22)12-16-36/h7-8,18,20-21H,3-6,9-17H2,1-2H3/b31-18+. The van der Waals surface area contributed by atoms with Crippen molar-refractivity contribution in [1.29, 1.82) is 0 Å². The van der Waals surface area contributed by atoms with E-state index < -0.39 is 12.6 Å². The van der Waals surface area contributed by atoms with Gasteiger partial charge >= 0.3 is 6.18 Å². The Hall–Kier alpha value is -2.62. The summed E-state index contributed by atoms with van der Waals surface area (Å²) in [5.74, 6) is 2.15. The molecule has 0 N–H and O–H groups in total. The smallest absolute Gasteiger partial charge is 0.303 e. The lowest BCUT2D eigenvalue weighted by Gasteiger charge is -2.28. The fourth-order valence-electron chi connectivity index (χ4n) is 5.38. The number of carbonyl (C=O) groups is 1. The van der Waals surface area contributed by atoms with Gasteiger partial charge in [0.15, 0.2) is 0 Å². The van der Waals surface area contributed by atoms with Crippen molar-refractivity contribution < 1.29 is 18.0 Å². The molecule has 0 unspecified atom stereocenters. The number of nitrogens with zero attached hydrogens (tertiary/aromatic N) is 6. The summed E-state index contributed by atoms with van der Waals surface area (Å²) in [5, 5.41) is 4.17. The lowest BCUT2D eigenvalue weighted by Crippen LogP contribution is -2.29. The molecule has 10 heteroatoms. The molecular formula is C27H37F3N6O. The van der Waals surface area contributed by atoms with E-state index in [1.54, 1.807) is 24.7 Å². The first kappa shape index (κ1) is 27.4. The Morgan fingerprint density at radius 3 is 2.59 bits per heavy atom. The Kier molecular flexibility index (Phi) is 9.10.